The molecule has 136 valence electrons. The summed E-state index contributed by atoms with van der Waals surface area (Å²) in [6.45, 7) is 0. The number of hydrogen-bond acceptors (Lipinski definition) is 3. The summed E-state index contributed by atoms with van der Waals surface area (Å²) in [5.41, 5.74) is 4.19. The largest absolute Gasteiger partial charge is 0.283 e. The third kappa shape index (κ3) is 3.54. The van der Waals surface area contributed by atoms with Crippen LogP contribution in [0.1, 0.15) is 16.7 Å². The Kier molecular flexibility index (Phi) is 4.50. The van der Waals surface area contributed by atoms with E-state index in [0.717, 1.165) is 19.3 Å². The van der Waals surface area contributed by atoms with Gasteiger partial charge in [-0.15, -0.1) is 0 Å². The maximum absolute atomic E-state index is 3.86. The van der Waals surface area contributed by atoms with Crippen molar-refractivity contribution >= 4 is 0 Å². The smallest absolute Gasteiger partial charge is 0.0971 e. The highest BCUT2D eigenvalue weighted by Gasteiger charge is 2.58. The van der Waals surface area contributed by atoms with Crippen LogP contribution >= 0.6 is 0 Å². The number of nitrogens with one attached hydrogen (secondary N) is 1. The molecule has 2 unspecified atom stereocenters. The van der Waals surface area contributed by atoms with E-state index in [1.54, 1.807) is 0 Å². The molecular weight excluding hydrogens is 330 g/mol. The van der Waals surface area contributed by atoms with Crippen LogP contribution in [0.5, 0.6) is 0 Å². The molecule has 0 amide bonds. The molecule has 3 heteroatoms. The Morgan fingerprint density at radius 2 is 0.889 bits per heavy atom. The second-order valence-corrected chi connectivity index (χ2v) is 7.51. The summed E-state index contributed by atoms with van der Waals surface area (Å²) in [6, 6.07) is 32.5. The lowest BCUT2D eigenvalue weighted by Gasteiger charge is -2.20. The number of rotatable bonds is 6. The van der Waals surface area contributed by atoms with Gasteiger partial charge in [0.05, 0.1) is 18.5 Å². The van der Waals surface area contributed by atoms with Crippen LogP contribution in [0, 0.1) is 0 Å². The Morgan fingerprint density at radius 1 is 0.519 bits per heavy atom. The molecule has 5 rings (SSSR count). The van der Waals surface area contributed by atoms with E-state index >= 15 is 0 Å². The van der Waals surface area contributed by atoms with Gasteiger partial charge in [-0.25, -0.2) is 10.0 Å². The van der Waals surface area contributed by atoms with Crippen LogP contribution in [0.3, 0.4) is 0 Å². The Balaban J connectivity index is 1.34. The molecule has 0 bridgehead atoms. The molecule has 2 aliphatic heterocycles. The molecule has 2 saturated heterocycles. The van der Waals surface area contributed by atoms with Crippen molar-refractivity contribution in [3.05, 3.63) is 108 Å². The predicted molar refractivity (Wildman–Crippen MR) is 109 cm³/mol. The Bertz CT molecular complexity index is 812. The zero-order chi connectivity index (χ0) is 18.1. The van der Waals surface area contributed by atoms with Gasteiger partial charge < -0.3 is 0 Å². The first-order chi connectivity index (χ1) is 13.4. The summed E-state index contributed by atoms with van der Waals surface area (Å²) >= 11 is 0. The lowest BCUT2D eigenvalue weighted by Crippen LogP contribution is -2.42. The Morgan fingerprint density at radius 3 is 1.30 bits per heavy atom. The Labute approximate surface area is 161 Å². The van der Waals surface area contributed by atoms with Crippen LogP contribution in [0.2, 0.25) is 0 Å². The van der Waals surface area contributed by atoms with Crippen LogP contribution in [-0.2, 0) is 19.3 Å². The van der Waals surface area contributed by atoms with E-state index < -0.39 is 0 Å². The molecule has 3 aromatic rings. The van der Waals surface area contributed by atoms with Gasteiger partial charge in [0.1, 0.15) is 0 Å². The predicted octanol–water partition coefficient (Wildman–Crippen LogP) is 3.83. The maximum Gasteiger partial charge on any atom is 0.0971 e. The normalized spacial score (nSPS) is 28.7. The van der Waals surface area contributed by atoms with Crippen LogP contribution in [0.25, 0.3) is 0 Å². The van der Waals surface area contributed by atoms with E-state index in [4.69, 9.17) is 0 Å². The fourth-order valence-corrected chi connectivity index (χ4v) is 4.34. The zero-order valence-corrected chi connectivity index (χ0v) is 15.4. The van der Waals surface area contributed by atoms with E-state index in [1.807, 2.05) is 0 Å². The molecule has 0 spiro atoms. The van der Waals surface area contributed by atoms with E-state index in [-0.39, 0.29) is 0 Å². The summed E-state index contributed by atoms with van der Waals surface area (Å²) < 4.78 is 0. The van der Waals surface area contributed by atoms with Gasteiger partial charge in [0.15, 0.2) is 0 Å². The van der Waals surface area contributed by atoms with Crippen molar-refractivity contribution in [1.29, 1.82) is 0 Å². The fourth-order valence-electron chi connectivity index (χ4n) is 4.34. The first-order valence-corrected chi connectivity index (χ1v) is 9.83. The molecule has 4 atom stereocenters. The van der Waals surface area contributed by atoms with Crippen LogP contribution in [0.4, 0.5) is 0 Å². The molecule has 2 aliphatic rings. The molecule has 3 nitrogen and oxygen atoms in total. The summed E-state index contributed by atoms with van der Waals surface area (Å²) in [5.74, 6) is 0. The van der Waals surface area contributed by atoms with Crippen LogP contribution < -0.4 is 5.32 Å². The molecule has 0 radical (unpaired) electrons. The van der Waals surface area contributed by atoms with Gasteiger partial charge in [0.25, 0.3) is 0 Å². The summed E-state index contributed by atoms with van der Waals surface area (Å²) in [5, 5.41) is 8.95. The standard InChI is InChI=1S/C24H25N3/c1-4-10-19(11-5-1)16-22-25-23(17-20-12-6-2-7-13-20)27-24(26(22)27)18-21-14-8-3-9-15-21/h1-15,22-25H,16-18H2/t22-,23-,24?,26?,27?/m0/s1. The van der Waals surface area contributed by atoms with Gasteiger partial charge in [0.2, 0.25) is 0 Å². The molecule has 2 fully saturated rings. The molecular formula is C24H25N3. The maximum atomic E-state index is 3.86. The van der Waals surface area contributed by atoms with Gasteiger partial charge >= 0.3 is 0 Å². The minimum absolute atomic E-state index is 0.370. The van der Waals surface area contributed by atoms with Crippen LogP contribution in [-0.4, -0.2) is 28.5 Å². The molecule has 1 N–H and O–H groups in total. The van der Waals surface area contributed by atoms with Crippen molar-refractivity contribution in [2.24, 2.45) is 0 Å². The topological polar surface area (TPSA) is 18.0 Å². The molecule has 3 aromatic carbocycles. The minimum atomic E-state index is 0.370. The molecule has 0 saturated carbocycles. The molecule has 2 heterocycles. The highest BCUT2D eigenvalue weighted by atomic mass is 15.9. The number of fused-ring (bicyclic) bond motifs is 1. The van der Waals surface area contributed by atoms with E-state index in [0.29, 0.717) is 18.5 Å². The van der Waals surface area contributed by atoms with E-state index in [9.17, 15) is 0 Å². The van der Waals surface area contributed by atoms with Gasteiger partial charge in [-0.3, -0.25) is 5.32 Å². The fraction of sp³-hybridized carbons (Fsp3) is 0.250. The van der Waals surface area contributed by atoms with E-state index in [1.165, 1.54) is 16.7 Å². The molecule has 27 heavy (non-hydrogen) atoms. The van der Waals surface area contributed by atoms with Crippen molar-refractivity contribution < 1.29 is 0 Å². The molecule has 0 aromatic heterocycles. The lowest BCUT2D eigenvalue weighted by molar-refractivity contribution is 0.306. The first-order valence-electron chi connectivity index (χ1n) is 9.83. The quantitative estimate of drug-likeness (QED) is 0.678. The van der Waals surface area contributed by atoms with Crippen LogP contribution in [0.15, 0.2) is 91.0 Å². The molecule has 0 aliphatic carbocycles. The minimum Gasteiger partial charge on any atom is -0.283 e. The number of hydrazine groups is 1. The highest BCUT2D eigenvalue weighted by Crippen LogP contribution is 2.40. The Hall–Kier alpha value is -2.46. The van der Waals surface area contributed by atoms with E-state index in [2.05, 4.69) is 106 Å². The zero-order valence-electron chi connectivity index (χ0n) is 15.4. The monoisotopic (exact) mass is 355 g/mol. The average molecular weight is 355 g/mol. The third-order valence-electron chi connectivity index (χ3n) is 5.65. The number of nitrogens with zero attached hydrogens (tertiary/aromatic N) is 2. The summed E-state index contributed by atoms with van der Waals surface area (Å²) in [6.07, 6.45) is 4.39. The van der Waals surface area contributed by atoms with Crippen molar-refractivity contribution in [3.63, 3.8) is 0 Å². The van der Waals surface area contributed by atoms with Gasteiger partial charge in [-0.1, -0.05) is 91.0 Å². The van der Waals surface area contributed by atoms with Crippen molar-refractivity contribution in [2.75, 3.05) is 0 Å². The lowest BCUT2D eigenvalue weighted by atomic mass is 10.1. The summed E-state index contributed by atoms with van der Waals surface area (Å²) in [4.78, 5) is 0. The van der Waals surface area contributed by atoms with Gasteiger partial charge in [0, 0.05) is 19.3 Å². The van der Waals surface area contributed by atoms with Gasteiger partial charge in [-0.2, -0.15) is 0 Å². The SMILES string of the molecule is c1ccc(CC2N3[C@@H](Cc4ccccc4)N[C@H](Cc4ccccc4)N23)cc1. The third-order valence-corrected chi connectivity index (χ3v) is 5.65. The summed E-state index contributed by atoms with van der Waals surface area (Å²) in [7, 11) is 0. The number of benzene rings is 3. The second-order valence-electron chi connectivity index (χ2n) is 7.51. The second kappa shape index (κ2) is 7.28. The average Bonchev–Trinajstić information content (AvgIpc) is 3.31. The van der Waals surface area contributed by atoms with Crippen molar-refractivity contribution in [1.82, 2.24) is 15.3 Å². The number of hydrogen-bond donors (Lipinski definition) is 1. The highest BCUT2D eigenvalue weighted by molar-refractivity contribution is 5.22. The van der Waals surface area contributed by atoms with Gasteiger partial charge in [-0.05, 0) is 16.7 Å². The van der Waals surface area contributed by atoms with Crippen molar-refractivity contribution in [2.45, 2.75) is 37.8 Å². The first kappa shape index (κ1) is 16.7. The van der Waals surface area contributed by atoms with Crippen molar-refractivity contribution in [3.8, 4) is 0 Å².